The van der Waals surface area contributed by atoms with Crippen LogP contribution in [0.1, 0.15) is 51.1 Å². The third kappa shape index (κ3) is 2.76. The van der Waals surface area contributed by atoms with Crippen LogP contribution in [-0.4, -0.2) is 12.1 Å². The molecule has 1 heterocycles. The molecular weight excluding hydrogens is 241 g/mol. The van der Waals surface area contributed by atoms with Crippen LogP contribution in [0.4, 0.5) is 4.39 Å². The van der Waals surface area contributed by atoms with Crippen molar-refractivity contribution in [1.29, 1.82) is 0 Å². The minimum atomic E-state index is -0.218. The van der Waals surface area contributed by atoms with Crippen LogP contribution >= 0.6 is 0 Å². The van der Waals surface area contributed by atoms with Gasteiger partial charge in [0.2, 0.25) is 0 Å². The topological polar surface area (TPSA) is 21.3 Å². The van der Waals surface area contributed by atoms with Gasteiger partial charge in [0, 0.05) is 24.1 Å². The fourth-order valence-corrected chi connectivity index (χ4v) is 3.22. The van der Waals surface area contributed by atoms with E-state index >= 15 is 0 Å². The first-order valence-electron chi connectivity index (χ1n) is 7.31. The molecule has 0 aromatic heterocycles. The summed E-state index contributed by atoms with van der Waals surface area (Å²) in [4.78, 5) is 0. The Morgan fingerprint density at radius 2 is 2.21 bits per heavy atom. The first-order chi connectivity index (χ1) is 9.09. The quantitative estimate of drug-likeness (QED) is 0.891. The Hall–Kier alpha value is -1.09. The SMILES string of the molecule is CCNC1CC(C)(CC2CC2)Oc2cc(F)ccc21. The molecule has 1 fully saturated rings. The molecule has 3 rings (SSSR count). The van der Waals surface area contributed by atoms with E-state index in [1.165, 1.54) is 25.0 Å². The van der Waals surface area contributed by atoms with Gasteiger partial charge in [0.15, 0.2) is 0 Å². The molecule has 3 heteroatoms. The zero-order chi connectivity index (χ0) is 13.5. The van der Waals surface area contributed by atoms with Crippen molar-refractivity contribution < 1.29 is 9.13 Å². The van der Waals surface area contributed by atoms with Crippen LogP contribution in [0.5, 0.6) is 5.75 Å². The van der Waals surface area contributed by atoms with Gasteiger partial charge in [-0.1, -0.05) is 25.8 Å². The van der Waals surface area contributed by atoms with Gasteiger partial charge in [0.05, 0.1) is 0 Å². The Morgan fingerprint density at radius 3 is 2.89 bits per heavy atom. The number of nitrogens with one attached hydrogen (secondary N) is 1. The van der Waals surface area contributed by atoms with Crippen LogP contribution in [0.2, 0.25) is 0 Å². The van der Waals surface area contributed by atoms with Gasteiger partial charge in [0.25, 0.3) is 0 Å². The molecule has 1 aromatic rings. The van der Waals surface area contributed by atoms with Crippen molar-refractivity contribution in [2.45, 2.75) is 51.2 Å². The van der Waals surface area contributed by atoms with E-state index in [1.54, 1.807) is 0 Å². The third-order valence-electron chi connectivity index (χ3n) is 4.21. The molecule has 0 bridgehead atoms. The molecule has 1 N–H and O–H groups in total. The molecule has 1 aliphatic carbocycles. The molecular formula is C16H22FNO. The van der Waals surface area contributed by atoms with Gasteiger partial charge in [0.1, 0.15) is 17.2 Å². The molecule has 0 saturated heterocycles. The molecule has 2 unspecified atom stereocenters. The average Bonchev–Trinajstić information content (AvgIpc) is 3.11. The van der Waals surface area contributed by atoms with Crippen LogP contribution < -0.4 is 10.1 Å². The smallest absolute Gasteiger partial charge is 0.127 e. The first-order valence-corrected chi connectivity index (χ1v) is 7.31. The second-order valence-electron chi connectivity index (χ2n) is 6.20. The second kappa shape index (κ2) is 4.78. The van der Waals surface area contributed by atoms with E-state index in [0.717, 1.165) is 36.6 Å². The molecule has 1 aliphatic heterocycles. The monoisotopic (exact) mass is 263 g/mol. The Kier molecular flexibility index (Phi) is 3.25. The molecule has 2 nitrogen and oxygen atoms in total. The van der Waals surface area contributed by atoms with Gasteiger partial charge in [-0.3, -0.25) is 0 Å². The van der Waals surface area contributed by atoms with Gasteiger partial charge in [-0.2, -0.15) is 0 Å². The summed E-state index contributed by atoms with van der Waals surface area (Å²) in [5, 5.41) is 3.51. The number of fused-ring (bicyclic) bond motifs is 1. The maximum atomic E-state index is 13.4. The summed E-state index contributed by atoms with van der Waals surface area (Å²) in [6.07, 6.45) is 4.70. The van der Waals surface area contributed by atoms with Gasteiger partial charge >= 0.3 is 0 Å². The highest BCUT2D eigenvalue weighted by atomic mass is 19.1. The highest BCUT2D eigenvalue weighted by Gasteiger charge is 2.41. The van der Waals surface area contributed by atoms with Crippen molar-refractivity contribution in [3.63, 3.8) is 0 Å². The lowest BCUT2D eigenvalue weighted by Gasteiger charge is -2.40. The Balaban J connectivity index is 1.89. The van der Waals surface area contributed by atoms with Crippen molar-refractivity contribution in [3.05, 3.63) is 29.6 Å². The van der Waals surface area contributed by atoms with Gasteiger partial charge in [-0.05, 0) is 31.9 Å². The van der Waals surface area contributed by atoms with E-state index in [0.29, 0.717) is 0 Å². The van der Waals surface area contributed by atoms with Crippen molar-refractivity contribution in [2.24, 2.45) is 5.92 Å². The van der Waals surface area contributed by atoms with E-state index < -0.39 is 0 Å². The summed E-state index contributed by atoms with van der Waals surface area (Å²) in [5.41, 5.74) is 0.936. The van der Waals surface area contributed by atoms with Crippen molar-refractivity contribution in [2.75, 3.05) is 6.54 Å². The highest BCUT2D eigenvalue weighted by molar-refractivity contribution is 5.39. The molecule has 0 spiro atoms. The Bertz CT molecular complexity index is 472. The average molecular weight is 263 g/mol. The summed E-state index contributed by atoms with van der Waals surface area (Å²) >= 11 is 0. The van der Waals surface area contributed by atoms with Crippen molar-refractivity contribution >= 4 is 0 Å². The fourth-order valence-electron chi connectivity index (χ4n) is 3.22. The third-order valence-corrected chi connectivity index (χ3v) is 4.21. The Morgan fingerprint density at radius 1 is 1.42 bits per heavy atom. The minimum absolute atomic E-state index is 0.158. The van der Waals surface area contributed by atoms with Crippen molar-refractivity contribution in [1.82, 2.24) is 5.32 Å². The lowest BCUT2D eigenvalue weighted by molar-refractivity contribution is 0.0344. The minimum Gasteiger partial charge on any atom is -0.487 e. The zero-order valence-corrected chi connectivity index (χ0v) is 11.7. The Labute approximate surface area is 114 Å². The maximum absolute atomic E-state index is 13.4. The largest absolute Gasteiger partial charge is 0.487 e. The molecule has 0 amide bonds. The van der Waals surface area contributed by atoms with E-state index in [1.807, 2.05) is 6.07 Å². The zero-order valence-electron chi connectivity index (χ0n) is 11.7. The second-order valence-corrected chi connectivity index (χ2v) is 6.20. The number of benzene rings is 1. The van der Waals surface area contributed by atoms with E-state index in [-0.39, 0.29) is 17.5 Å². The normalized spacial score (nSPS) is 29.7. The molecule has 104 valence electrons. The highest BCUT2D eigenvalue weighted by Crippen LogP contribution is 2.46. The summed E-state index contributed by atoms with van der Waals surface area (Å²) in [5.74, 6) is 1.31. The molecule has 1 aromatic carbocycles. The number of ether oxygens (including phenoxy) is 1. The molecule has 2 atom stereocenters. The predicted molar refractivity (Wildman–Crippen MR) is 73.8 cm³/mol. The standard InChI is InChI=1S/C16H22FNO/c1-3-18-14-10-16(2,9-11-4-5-11)19-15-8-12(17)6-7-13(14)15/h6-8,11,14,18H,3-5,9-10H2,1-2H3. The fraction of sp³-hybridized carbons (Fsp3) is 0.625. The molecule has 2 aliphatic rings. The first kappa shape index (κ1) is 12.9. The number of hydrogen-bond donors (Lipinski definition) is 1. The molecule has 0 radical (unpaired) electrons. The lowest BCUT2D eigenvalue weighted by atomic mass is 9.85. The predicted octanol–water partition coefficient (Wildman–Crippen LogP) is 3.82. The summed E-state index contributed by atoms with van der Waals surface area (Å²) in [6.45, 7) is 5.20. The van der Waals surface area contributed by atoms with Gasteiger partial charge in [-0.25, -0.2) is 4.39 Å². The number of rotatable bonds is 4. The van der Waals surface area contributed by atoms with Crippen LogP contribution in [0.25, 0.3) is 0 Å². The van der Waals surface area contributed by atoms with Gasteiger partial charge in [-0.15, -0.1) is 0 Å². The van der Waals surface area contributed by atoms with E-state index in [9.17, 15) is 4.39 Å². The van der Waals surface area contributed by atoms with Crippen LogP contribution in [-0.2, 0) is 0 Å². The van der Waals surface area contributed by atoms with Crippen LogP contribution in [0.15, 0.2) is 18.2 Å². The lowest BCUT2D eigenvalue weighted by Crippen LogP contribution is -2.42. The summed E-state index contributed by atoms with van der Waals surface area (Å²) < 4.78 is 19.6. The summed E-state index contributed by atoms with van der Waals surface area (Å²) in [7, 11) is 0. The molecule has 1 saturated carbocycles. The number of hydrogen-bond acceptors (Lipinski definition) is 2. The molecule has 19 heavy (non-hydrogen) atoms. The summed E-state index contributed by atoms with van der Waals surface area (Å²) in [6, 6.07) is 5.19. The van der Waals surface area contributed by atoms with Crippen LogP contribution in [0.3, 0.4) is 0 Å². The van der Waals surface area contributed by atoms with E-state index in [2.05, 4.69) is 19.2 Å². The van der Waals surface area contributed by atoms with Crippen LogP contribution in [0, 0.1) is 11.7 Å². The number of halogens is 1. The van der Waals surface area contributed by atoms with Crippen molar-refractivity contribution in [3.8, 4) is 5.75 Å². The van der Waals surface area contributed by atoms with Gasteiger partial charge < -0.3 is 10.1 Å². The maximum Gasteiger partial charge on any atom is 0.127 e. The van der Waals surface area contributed by atoms with E-state index in [4.69, 9.17) is 4.74 Å².